The van der Waals surface area contributed by atoms with Gasteiger partial charge in [0.2, 0.25) is 15.9 Å². The first-order chi connectivity index (χ1) is 17.1. The summed E-state index contributed by atoms with van der Waals surface area (Å²) in [6, 6.07) is 5.58. The highest BCUT2D eigenvalue weighted by Crippen LogP contribution is 2.50. The first kappa shape index (κ1) is 25.5. The summed E-state index contributed by atoms with van der Waals surface area (Å²) in [5, 5.41) is 4.03. The average molecular weight is 542 g/mol. The van der Waals surface area contributed by atoms with Crippen molar-refractivity contribution in [2.24, 2.45) is 5.41 Å². The Morgan fingerprint density at radius 1 is 1.33 bits per heavy atom. The van der Waals surface area contributed by atoms with Gasteiger partial charge in [0.1, 0.15) is 28.5 Å². The van der Waals surface area contributed by atoms with Gasteiger partial charge in [0.25, 0.3) is 0 Å². The molecule has 0 bridgehead atoms. The summed E-state index contributed by atoms with van der Waals surface area (Å²) in [4.78, 5) is 16.6. The zero-order valence-electron chi connectivity index (χ0n) is 20.1. The summed E-state index contributed by atoms with van der Waals surface area (Å²) in [7, 11) is -3.83. The number of halogens is 2. The fourth-order valence-electron chi connectivity index (χ4n) is 5.00. The van der Waals surface area contributed by atoms with E-state index in [0.717, 1.165) is 30.2 Å². The van der Waals surface area contributed by atoms with Crippen molar-refractivity contribution >= 4 is 27.3 Å². The molecule has 0 radical (unpaired) electrons. The number of alkyl halides is 1. The van der Waals surface area contributed by atoms with Crippen LogP contribution in [0.1, 0.15) is 53.7 Å². The summed E-state index contributed by atoms with van der Waals surface area (Å²) >= 11 is 1.13. The van der Waals surface area contributed by atoms with E-state index >= 15 is 0 Å². The number of thiazole rings is 1. The molecule has 2 aliphatic carbocycles. The highest BCUT2D eigenvalue weighted by molar-refractivity contribution is 7.89. The lowest BCUT2D eigenvalue weighted by atomic mass is 9.61. The number of rotatable bonds is 10. The standard InChI is InChI=1S/C24H29F2N3O5S2/c1-3-33-23(30)20-21(28-22(35-20)16-8-18(16)26)34-11-14(2)27-15-9-24(10-15)12-29(13-24)36(31,32)19-7-5-4-6-17(19)25/h4-7,14-16,18,27H,3,8-13H2,1-2H3/t14?,16-,18+/m1/s1. The van der Waals surface area contributed by atoms with Crippen LogP contribution in [0.25, 0.3) is 0 Å². The lowest BCUT2D eigenvalue weighted by molar-refractivity contribution is -0.0375. The van der Waals surface area contributed by atoms with Gasteiger partial charge in [-0.2, -0.15) is 4.31 Å². The number of esters is 1. The monoisotopic (exact) mass is 541 g/mol. The van der Waals surface area contributed by atoms with Gasteiger partial charge in [-0.25, -0.2) is 27.0 Å². The van der Waals surface area contributed by atoms with E-state index in [1.807, 2.05) is 6.92 Å². The van der Waals surface area contributed by atoms with Gasteiger partial charge in [-0.15, -0.1) is 11.3 Å². The molecule has 0 amide bonds. The largest absolute Gasteiger partial charge is 0.475 e. The van der Waals surface area contributed by atoms with Crippen LogP contribution in [0.15, 0.2) is 29.2 Å². The minimum Gasteiger partial charge on any atom is -0.475 e. The molecule has 5 rings (SSSR count). The van der Waals surface area contributed by atoms with E-state index in [9.17, 15) is 22.0 Å². The van der Waals surface area contributed by atoms with E-state index in [4.69, 9.17) is 9.47 Å². The number of carbonyl (C=O) groups is 1. The van der Waals surface area contributed by atoms with E-state index in [-0.39, 0.29) is 52.3 Å². The molecule has 196 valence electrons. The van der Waals surface area contributed by atoms with Crippen LogP contribution in [0.5, 0.6) is 5.88 Å². The van der Waals surface area contributed by atoms with Crippen LogP contribution in [0.3, 0.4) is 0 Å². The lowest BCUT2D eigenvalue weighted by Crippen LogP contribution is -2.67. The predicted octanol–water partition coefficient (Wildman–Crippen LogP) is 3.49. The maximum absolute atomic E-state index is 14.0. The predicted molar refractivity (Wildman–Crippen MR) is 129 cm³/mol. The van der Waals surface area contributed by atoms with Crippen LogP contribution in [-0.4, -0.2) is 68.2 Å². The maximum atomic E-state index is 14.0. The number of ether oxygens (including phenoxy) is 2. The third-order valence-corrected chi connectivity index (χ3v) is 9.90. The molecule has 1 spiro atoms. The zero-order chi connectivity index (χ0) is 25.7. The van der Waals surface area contributed by atoms with Crippen molar-refractivity contribution in [3.05, 3.63) is 40.0 Å². The fourth-order valence-corrected chi connectivity index (χ4v) is 7.80. The third kappa shape index (κ3) is 4.88. The molecule has 1 aliphatic heterocycles. The second-order valence-corrected chi connectivity index (χ2v) is 12.9. The Morgan fingerprint density at radius 2 is 2.03 bits per heavy atom. The normalized spacial score (nSPS) is 24.1. The Morgan fingerprint density at radius 3 is 2.67 bits per heavy atom. The highest BCUT2D eigenvalue weighted by Gasteiger charge is 2.56. The second-order valence-electron chi connectivity index (χ2n) is 9.95. The topological polar surface area (TPSA) is 97.8 Å². The van der Waals surface area contributed by atoms with E-state index in [1.165, 1.54) is 22.5 Å². The molecular formula is C24H29F2N3O5S2. The van der Waals surface area contributed by atoms with Gasteiger partial charge < -0.3 is 14.8 Å². The van der Waals surface area contributed by atoms with Crippen LogP contribution < -0.4 is 10.1 Å². The molecule has 2 saturated carbocycles. The molecule has 12 heteroatoms. The molecule has 1 unspecified atom stereocenters. The number of hydrogen-bond donors (Lipinski definition) is 1. The molecule has 1 aromatic carbocycles. The molecule has 8 nitrogen and oxygen atoms in total. The smallest absolute Gasteiger partial charge is 0.353 e. The zero-order valence-corrected chi connectivity index (χ0v) is 21.7. The van der Waals surface area contributed by atoms with Crippen LogP contribution in [-0.2, 0) is 14.8 Å². The highest BCUT2D eigenvalue weighted by atomic mass is 32.2. The van der Waals surface area contributed by atoms with Gasteiger partial charge in [0.05, 0.1) is 6.61 Å². The van der Waals surface area contributed by atoms with E-state index < -0.39 is 28.0 Å². The SMILES string of the molecule is CCOC(=O)c1sc([C@@H]2C[C@@H]2F)nc1OCC(C)NC1CC2(C1)CN(S(=O)(=O)c1ccccc1F)C2. The summed E-state index contributed by atoms with van der Waals surface area (Å²) < 4.78 is 65.2. The Bertz CT molecular complexity index is 1240. The van der Waals surface area contributed by atoms with Crippen molar-refractivity contribution in [1.29, 1.82) is 0 Å². The first-order valence-electron chi connectivity index (χ1n) is 12.1. The first-order valence-corrected chi connectivity index (χ1v) is 14.3. The summed E-state index contributed by atoms with van der Waals surface area (Å²) in [6.45, 7) is 4.92. The van der Waals surface area contributed by atoms with Gasteiger partial charge >= 0.3 is 5.97 Å². The van der Waals surface area contributed by atoms with Crippen molar-refractivity contribution in [2.75, 3.05) is 26.3 Å². The molecular weight excluding hydrogens is 512 g/mol. The van der Waals surface area contributed by atoms with Gasteiger partial charge in [0, 0.05) is 36.5 Å². The maximum Gasteiger partial charge on any atom is 0.353 e. The average Bonchev–Trinajstić information content (AvgIpc) is 3.35. The second kappa shape index (κ2) is 9.62. The molecule has 36 heavy (non-hydrogen) atoms. The van der Waals surface area contributed by atoms with Crippen molar-refractivity contribution in [3.63, 3.8) is 0 Å². The van der Waals surface area contributed by atoms with Crippen LogP contribution >= 0.6 is 11.3 Å². The number of benzene rings is 1. The molecule has 3 fully saturated rings. The molecule has 3 atom stereocenters. The van der Waals surface area contributed by atoms with Gasteiger partial charge in [-0.1, -0.05) is 12.1 Å². The number of nitrogens with zero attached hydrogens (tertiary/aromatic N) is 2. The van der Waals surface area contributed by atoms with Crippen molar-refractivity contribution in [2.45, 2.75) is 62.2 Å². The molecule has 3 aliphatic rings. The number of hydrogen-bond acceptors (Lipinski definition) is 8. The Hall–Kier alpha value is -2.15. The molecule has 1 aromatic heterocycles. The number of aromatic nitrogens is 1. The summed E-state index contributed by atoms with van der Waals surface area (Å²) in [6.07, 6.45) is 1.12. The Balaban J connectivity index is 1.11. The summed E-state index contributed by atoms with van der Waals surface area (Å²) in [5.74, 6) is -1.35. The minimum atomic E-state index is -3.83. The Labute approximate surface area is 213 Å². The van der Waals surface area contributed by atoms with Crippen molar-refractivity contribution in [1.82, 2.24) is 14.6 Å². The summed E-state index contributed by atoms with van der Waals surface area (Å²) in [5.41, 5.74) is -0.0787. The molecule has 1 saturated heterocycles. The number of nitrogens with one attached hydrogen (secondary N) is 1. The quantitative estimate of drug-likeness (QED) is 0.460. The minimum absolute atomic E-state index is 0.0549. The Kier molecular flexibility index (Phi) is 6.81. The van der Waals surface area contributed by atoms with Crippen LogP contribution in [0.4, 0.5) is 8.78 Å². The number of carbonyl (C=O) groups excluding carboxylic acids is 1. The van der Waals surface area contributed by atoms with Crippen LogP contribution in [0, 0.1) is 11.2 Å². The lowest BCUT2D eigenvalue weighted by Gasteiger charge is -2.58. The molecule has 1 N–H and O–H groups in total. The van der Waals surface area contributed by atoms with Crippen molar-refractivity contribution < 1.29 is 31.5 Å². The van der Waals surface area contributed by atoms with Gasteiger partial charge in [-0.05, 0) is 45.2 Å². The van der Waals surface area contributed by atoms with E-state index in [1.54, 1.807) is 6.92 Å². The molecule has 2 heterocycles. The van der Waals surface area contributed by atoms with E-state index in [0.29, 0.717) is 24.5 Å². The third-order valence-electron chi connectivity index (χ3n) is 6.93. The van der Waals surface area contributed by atoms with Gasteiger partial charge in [-0.3, -0.25) is 0 Å². The van der Waals surface area contributed by atoms with E-state index in [2.05, 4.69) is 10.3 Å². The van der Waals surface area contributed by atoms with Crippen molar-refractivity contribution in [3.8, 4) is 5.88 Å². The van der Waals surface area contributed by atoms with Gasteiger partial charge in [0.15, 0.2) is 4.88 Å². The number of sulfonamides is 1. The fraction of sp³-hybridized carbons (Fsp3) is 0.583. The van der Waals surface area contributed by atoms with Crippen LogP contribution in [0.2, 0.25) is 0 Å². The molecule has 2 aromatic rings.